The Morgan fingerprint density at radius 1 is 1.21 bits per heavy atom. The number of guanidine groups is 1. The van der Waals surface area contributed by atoms with Crippen LogP contribution < -0.4 is 10.2 Å². The fourth-order valence-electron chi connectivity index (χ4n) is 3.23. The Morgan fingerprint density at radius 3 is 2.57 bits per heavy atom. The first-order valence-corrected chi connectivity index (χ1v) is 10.1. The van der Waals surface area contributed by atoms with E-state index < -0.39 is 0 Å². The summed E-state index contributed by atoms with van der Waals surface area (Å²) in [5, 5.41) is 3.44. The van der Waals surface area contributed by atoms with Crippen molar-refractivity contribution in [1.29, 1.82) is 0 Å². The number of anilines is 1. The lowest BCUT2D eigenvalue weighted by Crippen LogP contribution is -2.47. The van der Waals surface area contributed by atoms with Crippen molar-refractivity contribution >= 4 is 35.6 Å². The number of rotatable bonds is 10. The number of benzene rings is 1. The number of halogens is 1. The highest BCUT2D eigenvalue weighted by molar-refractivity contribution is 14.0. The van der Waals surface area contributed by atoms with Crippen LogP contribution >= 0.6 is 24.0 Å². The van der Waals surface area contributed by atoms with Crippen molar-refractivity contribution in [3.05, 3.63) is 30.3 Å². The van der Waals surface area contributed by atoms with E-state index in [0.29, 0.717) is 6.10 Å². The summed E-state index contributed by atoms with van der Waals surface area (Å²) in [6.07, 6.45) is 3.45. The van der Waals surface area contributed by atoms with Crippen LogP contribution in [0.25, 0.3) is 0 Å². The van der Waals surface area contributed by atoms with Gasteiger partial charge < -0.3 is 24.6 Å². The van der Waals surface area contributed by atoms with Gasteiger partial charge in [-0.3, -0.25) is 4.99 Å². The Morgan fingerprint density at radius 2 is 1.93 bits per heavy atom. The van der Waals surface area contributed by atoms with Gasteiger partial charge in [-0.2, -0.15) is 0 Å². The van der Waals surface area contributed by atoms with Gasteiger partial charge in [-0.15, -0.1) is 24.0 Å². The number of ether oxygens (including phenoxy) is 2. The van der Waals surface area contributed by atoms with Gasteiger partial charge in [0.05, 0.1) is 12.6 Å². The Labute approximate surface area is 187 Å². The molecule has 2 rings (SSSR count). The monoisotopic (exact) mass is 504 g/mol. The molecule has 1 fully saturated rings. The van der Waals surface area contributed by atoms with E-state index in [-0.39, 0.29) is 24.0 Å². The van der Waals surface area contributed by atoms with E-state index in [2.05, 4.69) is 53.4 Å². The number of likely N-dealkylation sites (tertiary alicyclic amines) is 1. The van der Waals surface area contributed by atoms with E-state index >= 15 is 0 Å². The predicted octanol–water partition coefficient (Wildman–Crippen LogP) is 3.22. The second kappa shape index (κ2) is 14.9. The Balaban J connectivity index is 0.00000392. The zero-order valence-corrected chi connectivity index (χ0v) is 19.9. The molecule has 1 aromatic rings. The van der Waals surface area contributed by atoms with Crippen LogP contribution in [0, 0.1) is 0 Å². The van der Waals surface area contributed by atoms with Crippen LogP contribution in [0.5, 0.6) is 0 Å². The van der Waals surface area contributed by atoms with Gasteiger partial charge in [-0.1, -0.05) is 18.2 Å². The van der Waals surface area contributed by atoms with Crippen molar-refractivity contribution in [2.45, 2.75) is 32.3 Å². The lowest BCUT2D eigenvalue weighted by molar-refractivity contribution is 0.00991. The maximum Gasteiger partial charge on any atom is 0.193 e. The molecule has 1 N–H and O–H groups in total. The number of hydrogen-bond donors (Lipinski definition) is 1. The van der Waals surface area contributed by atoms with E-state index in [1.807, 2.05) is 6.07 Å². The molecule has 28 heavy (non-hydrogen) atoms. The van der Waals surface area contributed by atoms with Crippen LogP contribution in [0.15, 0.2) is 35.3 Å². The second-order valence-corrected chi connectivity index (χ2v) is 6.90. The first-order valence-electron chi connectivity index (χ1n) is 10.1. The molecule has 0 saturated carbocycles. The lowest BCUT2D eigenvalue weighted by atomic mass is 10.1. The summed E-state index contributed by atoms with van der Waals surface area (Å²) in [6.45, 7) is 8.24. The molecule has 0 atom stereocenters. The minimum atomic E-state index is 0. The number of nitrogens with zero attached hydrogens (tertiary/aromatic N) is 3. The summed E-state index contributed by atoms with van der Waals surface area (Å²) in [5.41, 5.74) is 1.23. The molecule has 1 saturated heterocycles. The van der Waals surface area contributed by atoms with E-state index in [1.165, 1.54) is 5.69 Å². The fourth-order valence-corrected chi connectivity index (χ4v) is 3.23. The van der Waals surface area contributed by atoms with E-state index in [1.54, 1.807) is 7.11 Å². The highest BCUT2D eigenvalue weighted by Crippen LogP contribution is 2.14. The van der Waals surface area contributed by atoms with E-state index in [9.17, 15) is 0 Å². The molecule has 0 amide bonds. The minimum Gasteiger partial charge on any atom is -0.385 e. The smallest absolute Gasteiger partial charge is 0.193 e. The third-order valence-corrected chi connectivity index (χ3v) is 4.82. The Bertz CT molecular complexity index is 536. The van der Waals surface area contributed by atoms with Gasteiger partial charge in [-0.25, -0.2) is 0 Å². The molecule has 160 valence electrons. The number of para-hydroxylation sites is 1. The average Bonchev–Trinajstić information content (AvgIpc) is 2.71. The normalized spacial score (nSPS) is 15.2. The van der Waals surface area contributed by atoms with Gasteiger partial charge in [0.2, 0.25) is 0 Å². The highest BCUT2D eigenvalue weighted by Gasteiger charge is 2.21. The van der Waals surface area contributed by atoms with Crippen molar-refractivity contribution in [2.75, 3.05) is 65.0 Å². The molecule has 0 spiro atoms. The maximum atomic E-state index is 5.96. The molecule has 6 nitrogen and oxygen atoms in total. The van der Waals surface area contributed by atoms with Crippen molar-refractivity contribution < 1.29 is 9.47 Å². The SMILES string of the molecule is CCNC(=NCCN(C)c1ccccc1)N1CCC(OCCCOC)CC1.I. The molecule has 1 aromatic carbocycles. The summed E-state index contributed by atoms with van der Waals surface area (Å²) in [5.74, 6) is 1.02. The van der Waals surface area contributed by atoms with Gasteiger partial charge in [0, 0.05) is 59.2 Å². The second-order valence-electron chi connectivity index (χ2n) is 6.90. The zero-order valence-electron chi connectivity index (χ0n) is 17.6. The molecule has 1 aliphatic rings. The van der Waals surface area contributed by atoms with Gasteiger partial charge in [0.25, 0.3) is 0 Å². The number of piperidine rings is 1. The van der Waals surface area contributed by atoms with Crippen molar-refractivity contribution in [2.24, 2.45) is 4.99 Å². The predicted molar refractivity (Wildman–Crippen MR) is 128 cm³/mol. The van der Waals surface area contributed by atoms with Gasteiger partial charge in [0.1, 0.15) is 0 Å². The number of methoxy groups -OCH3 is 1. The molecule has 0 radical (unpaired) electrons. The summed E-state index contributed by atoms with van der Waals surface area (Å²) >= 11 is 0. The molecule has 1 heterocycles. The van der Waals surface area contributed by atoms with E-state index in [4.69, 9.17) is 14.5 Å². The van der Waals surface area contributed by atoms with Crippen LogP contribution in [0.1, 0.15) is 26.2 Å². The van der Waals surface area contributed by atoms with Crippen molar-refractivity contribution in [3.63, 3.8) is 0 Å². The van der Waals surface area contributed by atoms with Gasteiger partial charge >= 0.3 is 0 Å². The molecular formula is C21H37IN4O2. The Hall–Kier alpha value is -1.06. The van der Waals surface area contributed by atoms with Gasteiger partial charge in [-0.05, 0) is 38.3 Å². The van der Waals surface area contributed by atoms with Crippen LogP contribution in [0.4, 0.5) is 5.69 Å². The third kappa shape index (κ3) is 8.96. The van der Waals surface area contributed by atoms with Crippen LogP contribution in [0.2, 0.25) is 0 Å². The number of aliphatic imine (C=N–C) groups is 1. The molecule has 0 aliphatic carbocycles. The number of likely N-dealkylation sites (N-methyl/N-ethyl adjacent to an activating group) is 1. The summed E-state index contributed by atoms with van der Waals surface area (Å²) < 4.78 is 11.0. The molecule has 1 aliphatic heterocycles. The van der Waals surface area contributed by atoms with E-state index in [0.717, 1.165) is 71.2 Å². The minimum absolute atomic E-state index is 0. The zero-order chi connectivity index (χ0) is 19.3. The summed E-state index contributed by atoms with van der Waals surface area (Å²) in [7, 11) is 3.85. The summed E-state index contributed by atoms with van der Waals surface area (Å²) in [4.78, 5) is 9.45. The molecular weight excluding hydrogens is 467 g/mol. The third-order valence-electron chi connectivity index (χ3n) is 4.82. The molecule has 7 heteroatoms. The Kier molecular flexibility index (Phi) is 13.3. The maximum absolute atomic E-state index is 5.96. The fraction of sp³-hybridized carbons (Fsp3) is 0.667. The van der Waals surface area contributed by atoms with Crippen molar-refractivity contribution in [1.82, 2.24) is 10.2 Å². The average molecular weight is 504 g/mol. The quantitative estimate of drug-likeness (QED) is 0.230. The van der Waals surface area contributed by atoms with Gasteiger partial charge in [0.15, 0.2) is 5.96 Å². The largest absolute Gasteiger partial charge is 0.385 e. The van der Waals surface area contributed by atoms with Crippen LogP contribution in [0.3, 0.4) is 0 Å². The standard InChI is InChI=1S/C21H36N4O2.HI/c1-4-22-21(23-13-16-24(2)19-9-6-5-7-10-19)25-14-11-20(12-15-25)27-18-8-17-26-3;/h5-7,9-10,20H,4,8,11-18H2,1-3H3,(H,22,23);1H. The topological polar surface area (TPSA) is 49.3 Å². The first kappa shape index (κ1) is 25.0. The van der Waals surface area contributed by atoms with Crippen LogP contribution in [-0.2, 0) is 9.47 Å². The molecule has 0 unspecified atom stereocenters. The number of hydrogen-bond acceptors (Lipinski definition) is 4. The van der Waals surface area contributed by atoms with Crippen molar-refractivity contribution in [3.8, 4) is 0 Å². The van der Waals surface area contributed by atoms with Crippen LogP contribution in [-0.4, -0.2) is 77.1 Å². The number of nitrogens with one attached hydrogen (secondary N) is 1. The molecule has 0 bridgehead atoms. The summed E-state index contributed by atoms with van der Waals surface area (Å²) in [6, 6.07) is 10.4. The highest BCUT2D eigenvalue weighted by atomic mass is 127. The lowest BCUT2D eigenvalue weighted by Gasteiger charge is -2.34. The molecule has 0 aromatic heterocycles. The first-order chi connectivity index (χ1) is 13.2.